The number of ether oxygens (including phenoxy) is 3. The molecule has 2 fully saturated rings. The molecule has 1 atom stereocenters. The van der Waals surface area contributed by atoms with Crippen LogP contribution in [0.1, 0.15) is 66.9 Å². The van der Waals surface area contributed by atoms with Crippen molar-refractivity contribution < 1.29 is 32.6 Å². The highest BCUT2D eigenvalue weighted by Crippen LogP contribution is 2.42. The molecule has 52 heavy (non-hydrogen) atoms. The molecule has 4 aromatic rings. The number of nitrogens with zero attached hydrogens (tertiary/aromatic N) is 6. The molecule has 2 amide bonds. The number of piperazine rings is 1. The zero-order valence-electron chi connectivity index (χ0n) is 31.1. The van der Waals surface area contributed by atoms with Crippen LogP contribution < -0.4 is 15.0 Å². The highest BCUT2D eigenvalue weighted by Gasteiger charge is 2.30. The highest BCUT2D eigenvalue weighted by atomic mass is 32.1. The minimum absolute atomic E-state index is 0.0493. The van der Waals surface area contributed by atoms with Crippen molar-refractivity contribution in [2.75, 3.05) is 56.6 Å². The van der Waals surface area contributed by atoms with Gasteiger partial charge in [0.15, 0.2) is 10.9 Å². The van der Waals surface area contributed by atoms with Gasteiger partial charge < -0.3 is 28.9 Å². The average molecular weight is 740 g/mol. The lowest BCUT2D eigenvalue weighted by molar-refractivity contribution is 0.0240. The number of benzene rings is 2. The number of aryl methyl sites for hydroxylation is 1. The molecule has 2 aliphatic heterocycles. The Balaban J connectivity index is 1.42. The van der Waals surface area contributed by atoms with Crippen LogP contribution in [0.25, 0.3) is 32.2 Å². The lowest BCUT2D eigenvalue weighted by atomic mass is 9.94. The van der Waals surface area contributed by atoms with Crippen LogP contribution in [0.3, 0.4) is 0 Å². The van der Waals surface area contributed by atoms with E-state index in [0.29, 0.717) is 61.5 Å². The molecule has 0 saturated carbocycles. The van der Waals surface area contributed by atoms with Gasteiger partial charge in [-0.3, -0.25) is 5.32 Å². The Morgan fingerprint density at radius 1 is 0.962 bits per heavy atom. The molecule has 0 unspecified atom stereocenters. The Labute approximate surface area is 306 Å². The molecular weight excluding hydrogens is 693 g/mol. The number of aromatic nitrogens is 3. The summed E-state index contributed by atoms with van der Waals surface area (Å²) in [6.45, 7) is 15.6. The molecule has 2 aliphatic rings. The van der Waals surface area contributed by atoms with Crippen LogP contribution in [0.2, 0.25) is 0 Å². The number of likely N-dealkylation sites (N-methyl/N-ethyl adjacent to an activating group) is 1. The summed E-state index contributed by atoms with van der Waals surface area (Å²) >= 11 is 0.944. The Morgan fingerprint density at radius 2 is 1.67 bits per heavy atom. The molecule has 280 valence electrons. The minimum atomic E-state index is -0.747. The van der Waals surface area contributed by atoms with Crippen molar-refractivity contribution in [2.24, 2.45) is 0 Å². The van der Waals surface area contributed by atoms with E-state index in [9.17, 15) is 9.59 Å². The van der Waals surface area contributed by atoms with Crippen molar-refractivity contribution in [1.29, 1.82) is 0 Å². The first kappa shape index (κ1) is 37.4. The minimum Gasteiger partial charge on any atom is -0.462 e. The number of fused-ring (bicyclic) bond motifs is 2. The molecule has 12 nitrogen and oxygen atoms in total. The zero-order valence-corrected chi connectivity index (χ0v) is 31.9. The number of nitrogens with one attached hydrogen (secondary N) is 1. The fourth-order valence-corrected chi connectivity index (χ4v) is 7.41. The second-order valence-corrected chi connectivity index (χ2v) is 16.3. The van der Waals surface area contributed by atoms with Gasteiger partial charge in [0.2, 0.25) is 0 Å². The first-order valence-corrected chi connectivity index (χ1v) is 18.5. The lowest BCUT2D eigenvalue weighted by Crippen LogP contribution is -2.50. The summed E-state index contributed by atoms with van der Waals surface area (Å²) in [6, 6.07) is 4.89. The van der Waals surface area contributed by atoms with Gasteiger partial charge >= 0.3 is 18.2 Å². The van der Waals surface area contributed by atoms with Gasteiger partial charge in [0, 0.05) is 48.7 Å². The van der Waals surface area contributed by atoms with Crippen LogP contribution >= 0.6 is 11.3 Å². The van der Waals surface area contributed by atoms with E-state index in [1.54, 1.807) is 25.7 Å². The van der Waals surface area contributed by atoms with Crippen LogP contribution in [0.4, 0.5) is 29.3 Å². The van der Waals surface area contributed by atoms with E-state index in [1.165, 1.54) is 12.1 Å². The van der Waals surface area contributed by atoms with E-state index in [0.717, 1.165) is 30.7 Å². The van der Waals surface area contributed by atoms with E-state index in [-0.39, 0.29) is 44.6 Å². The van der Waals surface area contributed by atoms with Gasteiger partial charge in [-0.15, -0.1) is 0 Å². The normalized spacial score (nSPS) is 17.2. The van der Waals surface area contributed by atoms with Crippen LogP contribution in [0.5, 0.6) is 6.01 Å². The molecular formula is C37H47F2N7O5S. The summed E-state index contributed by atoms with van der Waals surface area (Å²) < 4.78 is 49.7. The smallest absolute Gasteiger partial charge is 0.413 e. The van der Waals surface area contributed by atoms with Gasteiger partial charge in [-0.2, -0.15) is 9.97 Å². The predicted molar refractivity (Wildman–Crippen MR) is 198 cm³/mol. The summed E-state index contributed by atoms with van der Waals surface area (Å²) in [5, 5.41) is 3.21. The van der Waals surface area contributed by atoms with Gasteiger partial charge in [0.25, 0.3) is 0 Å². The van der Waals surface area contributed by atoms with Crippen molar-refractivity contribution in [2.45, 2.75) is 85.0 Å². The highest BCUT2D eigenvalue weighted by molar-refractivity contribution is 7.22. The number of halogens is 2. The predicted octanol–water partition coefficient (Wildman–Crippen LogP) is 7.62. The second-order valence-electron chi connectivity index (χ2n) is 15.3. The standard InChI is InChI=1S/C37H47F2N7O5S/c1-9-21-19-24-28(27(39)26(21)23-12-13-25(38)30-29(23)41-33(52-30)43-34(47)50-36(2,3)4)40-32(49-20-22-11-10-14-44(22)8)42-31(24)45-15-17-46(18-16-45)35(48)51-37(5,6)7/h12-13,19,22H,9-11,14-18,20H2,1-8H3,(H,41,43,47)/t22-/m0/s1. The number of carbonyl (C=O) groups excluding carboxylic acids is 2. The van der Waals surface area contributed by atoms with E-state index < -0.39 is 28.9 Å². The maximum Gasteiger partial charge on any atom is 0.413 e. The maximum absolute atomic E-state index is 17.2. The van der Waals surface area contributed by atoms with E-state index in [2.05, 4.69) is 20.2 Å². The van der Waals surface area contributed by atoms with E-state index >= 15 is 8.78 Å². The Morgan fingerprint density at radius 3 is 2.31 bits per heavy atom. The molecule has 6 rings (SSSR count). The number of rotatable bonds is 7. The molecule has 15 heteroatoms. The zero-order chi connectivity index (χ0) is 37.5. The van der Waals surface area contributed by atoms with Crippen molar-refractivity contribution in [3.63, 3.8) is 0 Å². The van der Waals surface area contributed by atoms with Crippen molar-refractivity contribution >= 4 is 55.6 Å². The number of carbonyl (C=O) groups is 2. The third-order valence-corrected chi connectivity index (χ3v) is 10.0. The number of hydrogen-bond acceptors (Lipinski definition) is 11. The molecule has 1 N–H and O–H groups in total. The molecule has 2 saturated heterocycles. The number of amides is 2. The van der Waals surface area contributed by atoms with Gasteiger partial charge in [-0.05, 0) is 98.2 Å². The van der Waals surface area contributed by atoms with Gasteiger partial charge in [0.1, 0.15) is 35.0 Å². The van der Waals surface area contributed by atoms with Crippen molar-refractivity contribution in [3.8, 4) is 17.1 Å². The molecule has 0 spiro atoms. The molecule has 0 radical (unpaired) electrons. The van der Waals surface area contributed by atoms with Gasteiger partial charge in [-0.1, -0.05) is 18.3 Å². The maximum atomic E-state index is 17.2. The SMILES string of the molecule is CCc1cc2c(N3CCN(C(=O)OC(C)(C)C)CC3)nc(OC[C@@H]3CCCN3C)nc2c(F)c1-c1ccc(F)c2sc(NC(=O)OC(C)(C)C)nc12. The van der Waals surface area contributed by atoms with Crippen LogP contribution in [-0.4, -0.2) is 101 Å². The summed E-state index contributed by atoms with van der Waals surface area (Å²) in [7, 11) is 2.05. The van der Waals surface area contributed by atoms with Crippen LogP contribution in [0, 0.1) is 11.6 Å². The Bertz CT molecular complexity index is 1990. The number of thiazole rings is 1. The lowest BCUT2D eigenvalue weighted by Gasteiger charge is -2.36. The second kappa shape index (κ2) is 14.6. The topological polar surface area (TPSA) is 122 Å². The molecule has 2 aromatic carbocycles. The van der Waals surface area contributed by atoms with Gasteiger partial charge in [0.05, 0.1) is 10.2 Å². The first-order chi connectivity index (χ1) is 24.5. The van der Waals surface area contributed by atoms with E-state index in [4.69, 9.17) is 19.2 Å². The van der Waals surface area contributed by atoms with Crippen LogP contribution in [0.15, 0.2) is 18.2 Å². The summed E-state index contributed by atoms with van der Waals surface area (Å²) in [4.78, 5) is 45.2. The van der Waals surface area contributed by atoms with E-state index in [1.807, 2.05) is 45.7 Å². The summed E-state index contributed by atoms with van der Waals surface area (Å²) in [5.41, 5.74) is 0.137. The Hall–Kier alpha value is -4.37. The van der Waals surface area contributed by atoms with Crippen LogP contribution in [-0.2, 0) is 15.9 Å². The third kappa shape index (κ3) is 8.15. The third-order valence-electron chi connectivity index (χ3n) is 9.03. The van der Waals surface area contributed by atoms with Crippen molar-refractivity contribution in [1.82, 2.24) is 24.8 Å². The fraction of sp³-hybridized carbons (Fsp3) is 0.541. The average Bonchev–Trinajstić information content (AvgIpc) is 3.68. The number of anilines is 2. The molecule has 0 bridgehead atoms. The monoisotopic (exact) mass is 739 g/mol. The number of likely N-dealkylation sites (tertiary alicyclic amines) is 1. The quantitative estimate of drug-likeness (QED) is 0.203. The molecule has 4 heterocycles. The Kier molecular flexibility index (Phi) is 10.5. The first-order valence-electron chi connectivity index (χ1n) is 17.7. The number of hydrogen-bond donors (Lipinski definition) is 1. The molecule has 0 aliphatic carbocycles. The summed E-state index contributed by atoms with van der Waals surface area (Å²) in [5.74, 6) is -0.656. The molecule has 2 aromatic heterocycles. The summed E-state index contributed by atoms with van der Waals surface area (Å²) in [6.07, 6.45) is 1.36. The van der Waals surface area contributed by atoms with Crippen molar-refractivity contribution in [3.05, 3.63) is 35.4 Å². The van der Waals surface area contributed by atoms with Gasteiger partial charge in [-0.25, -0.2) is 23.4 Å². The fourth-order valence-electron chi connectivity index (χ4n) is 6.53. The largest absolute Gasteiger partial charge is 0.462 e.